The normalized spacial score (nSPS) is 13.2. The second kappa shape index (κ2) is 5.29. The highest BCUT2D eigenvalue weighted by Gasteiger charge is 2.10. The maximum absolute atomic E-state index is 5.39. The van der Waals surface area contributed by atoms with Crippen molar-refractivity contribution in [3.8, 4) is 5.75 Å². The van der Waals surface area contributed by atoms with Crippen LogP contribution in [0.4, 0.5) is 0 Å². The molecule has 0 aliphatic carbocycles. The Morgan fingerprint density at radius 2 is 2.11 bits per heavy atom. The third-order valence-corrected chi connectivity index (χ3v) is 3.92. The van der Waals surface area contributed by atoms with Crippen LogP contribution in [0.15, 0.2) is 24.4 Å². The Morgan fingerprint density at radius 1 is 1.39 bits per heavy atom. The van der Waals surface area contributed by atoms with Crippen molar-refractivity contribution in [2.24, 2.45) is 0 Å². The lowest BCUT2D eigenvalue weighted by Gasteiger charge is -2.21. The van der Waals surface area contributed by atoms with Crippen molar-refractivity contribution in [2.75, 3.05) is 21.2 Å². The summed E-state index contributed by atoms with van der Waals surface area (Å²) in [6.45, 7) is 3.21. The highest BCUT2D eigenvalue weighted by molar-refractivity contribution is 7.27. The van der Waals surface area contributed by atoms with Crippen molar-refractivity contribution in [2.45, 2.75) is 19.5 Å². The monoisotopic (exact) mass is 264 g/mol. The van der Waals surface area contributed by atoms with Gasteiger partial charge in [0.25, 0.3) is 0 Å². The first-order valence-corrected chi connectivity index (χ1v) is 6.69. The van der Waals surface area contributed by atoms with E-state index >= 15 is 0 Å². The minimum Gasteiger partial charge on any atom is -0.496 e. The minimum absolute atomic E-state index is 0.502. The van der Waals surface area contributed by atoms with Crippen molar-refractivity contribution in [1.82, 2.24) is 9.47 Å². The lowest BCUT2D eigenvalue weighted by atomic mass is 10.2. The van der Waals surface area contributed by atoms with Gasteiger partial charge in [0.15, 0.2) is 0 Å². The molecule has 0 fully saturated rings. The molecule has 3 nitrogen and oxygen atoms in total. The second-order valence-corrected chi connectivity index (χ2v) is 5.56. The Bertz CT molecular complexity index is 548. The van der Waals surface area contributed by atoms with Crippen LogP contribution >= 0.6 is 9.24 Å². The van der Waals surface area contributed by atoms with Gasteiger partial charge in [0, 0.05) is 35.5 Å². The Morgan fingerprint density at radius 3 is 2.72 bits per heavy atom. The van der Waals surface area contributed by atoms with E-state index in [2.05, 4.69) is 64.1 Å². The molecule has 98 valence electrons. The van der Waals surface area contributed by atoms with Gasteiger partial charge >= 0.3 is 0 Å². The molecule has 1 aromatic carbocycles. The molecule has 2 rings (SSSR count). The summed E-state index contributed by atoms with van der Waals surface area (Å²) in [5, 5.41) is 2.36. The van der Waals surface area contributed by atoms with E-state index in [1.807, 2.05) is 0 Å². The molecular formula is C14H21N2OP. The fraction of sp³-hybridized carbons (Fsp3) is 0.429. The maximum atomic E-state index is 5.39. The minimum atomic E-state index is 0.502. The molecule has 0 aliphatic rings. The zero-order valence-electron chi connectivity index (χ0n) is 11.5. The van der Waals surface area contributed by atoms with E-state index in [1.54, 1.807) is 7.11 Å². The second-order valence-electron chi connectivity index (χ2n) is 4.93. The van der Waals surface area contributed by atoms with Gasteiger partial charge in [0.05, 0.1) is 12.6 Å². The van der Waals surface area contributed by atoms with Crippen LogP contribution < -0.4 is 10.0 Å². The van der Waals surface area contributed by atoms with E-state index in [0.29, 0.717) is 6.04 Å². The van der Waals surface area contributed by atoms with E-state index in [-0.39, 0.29) is 0 Å². The van der Waals surface area contributed by atoms with E-state index in [9.17, 15) is 0 Å². The molecule has 0 aliphatic heterocycles. The maximum Gasteiger partial charge on any atom is 0.128 e. The number of hydrogen-bond acceptors (Lipinski definition) is 2. The lowest BCUT2D eigenvalue weighted by Crippen LogP contribution is -2.28. The third kappa shape index (κ3) is 2.52. The first-order chi connectivity index (χ1) is 8.52. The third-order valence-electron chi connectivity index (χ3n) is 3.46. The molecule has 0 saturated carbocycles. The standard InChI is InChI=1S/C14H21N2OP/c1-10(15(2)3)9-16-6-5-11-7-14(18)13(17-4)8-12(11)16/h5-8,10H,9,18H2,1-4H3/t10-/m1/s1. The molecule has 0 N–H and O–H groups in total. The van der Waals surface area contributed by atoms with Crippen LogP contribution in [0.3, 0.4) is 0 Å². The quantitative estimate of drug-likeness (QED) is 0.787. The van der Waals surface area contributed by atoms with Crippen LogP contribution in [-0.2, 0) is 6.54 Å². The molecule has 2 aromatic rings. The molecule has 1 unspecified atom stereocenters. The smallest absolute Gasteiger partial charge is 0.128 e. The Labute approximate surface area is 111 Å². The average molecular weight is 264 g/mol. The van der Waals surface area contributed by atoms with Gasteiger partial charge in [-0.05, 0) is 33.2 Å². The van der Waals surface area contributed by atoms with E-state index in [4.69, 9.17) is 4.74 Å². The zero-order valence-corrected chi connectivity index (χ0v) is 12.6. The van der Waals surface area contributed by atoms with Gasteiger partial charge in [0.1, 0.15) is 5.75 Å². The number of hydrogen-bond donors (Lipinski definition) is 0. The SMILES string of the molecule is COc1cc2c(ccn2C[C@@H](C)N(C)C)cc1P. The predicted molar refractivity (Wildman–Crippen MR) is 81.0 cm³/mol. The molecule has 18 heavy (non-hydrogen) atoms. The van der Waals surface area contributed by atoms with Gasteiger partial charge in [-0.1, -0.05) is 0 Å². The topological polar surface area (TPSA) is 17.4 Å². The molecule has 0 radical (unpaired) electrons. The summed E-state index contributed by atoms with van der Waals surface area (Å²) >= 11 is 0. The summed E-state index contributed by atoms with van der Waals surface area (Å²) in [5.41, 5.74) is 1.23. The molecule has 1 aromatic heterocycles. The number of likely N-dealkylation sites (N-methyl/N-ethyl adjacent to an activating group) is 1. The van der Waals surface area contributed by atoms with Crippen molar-refractivity contribution in [3.63, 3.8) is 0 Å². The molecule has 2 atom stereocenters. The van der Waals surface area contributed by atoms with Crippen molar-refractivity contribution in [1.29, 1.82) is 0 Å². The number of methoxy groups -OCH3 is 1. The molecule has 0 spiro atoms. The summed E-state index contributed by atoms with van der Waals surface area (Å²) in [7, 11) is 8.65. The Kier molecular flexibility index (Phi) is 3.94. The Balaban J connectivity index is 2.40. The average Bonchev–Trinajstić information content (AvgIpc) is 2.70. The number of benzene rings is 1. The van der Waals surface area contributed by atoms with Crippen LogP contribution in [0.5, 0.6) is 5.75 Å². The van der Waals surface area contributed by atoms with Gasteiger partial charge in [-0.3, -0.25) is 0 Å². The highest BCUT2D eigenvalue weighted by atomic mass is 31.0. The summed E-state index contributed by atoms with van der Waals surface area (Å²) in [5.74, 6) is 0.921. The molecule has 0 saturated heterocycles. The molecule has 0 amide bonds. The van der Waals surface area contributed by atoms with Gasteiger partial charge in [-0.15, -0.1) is 9.24 Å². The summed E-state index contributed by atoms with van der Waals surface area (Å²) in [6.07, 6.45) is 2.15. The largest absolute Gasteiger partial charge is 0.496 e. The lowest BCUT2D eigenvalue weighted by molar-refractivity contribution is 0.286. The van der Waals surface area contributed by atoms with Gasteiger partial charge in [0.2, 0.25) is 0 Å². The fourth-order valence-corrected chi connectivity index (χ4v) is 2.40. The zero-order chi connectivity index (χ0) is 13.3. The van der Waals surface area contributed by atoms with Crippen LogP contribution in [0, 0.1) is 0 Å². The molecule has 1 heterocycles. The first kappa shape index (κ1) is 13.4. The van der Waals surface area contributed by atoms with Crippen molar-refractivity contribution >= 4 is 25.4 Å². The highest BCUT2D eigenvalue weighted by Crippen LogP contribution is 2.22. The van der Waals surface area contributed by atoms with E-state index in [0.717, 1.165) is 17.6 Å². The van der Waals surface area contributed by atoms with Crippen LogP contribution in [0.1, 0.15) is 6.92 Å². The van der Waals surface area contributed by atoms with E-state index < -0.39 is 0 Å². The van der Waals surface area contributed by atoms with Gasteiger partial charge in [-0.25, -0.2) is 0 Å². The number of rotatable bonds is 4. The summed E-state index contributed by atoms with van der Waals surface area (Å²) in [6, 6.07) is 6.92. The van der Waals surface area contributed by atoms with Gasteiger partial charge in [-0.2, -0.15) is 0 Å². The number of nitrogens with zero attached hydrogens (tertiary/aromatic N) is 2. The number of fused-ring (bicyclic) bond motifs is 1. The van der Waals surface area contributed by atoms with Crippen molar-refractivity contribution in [3.05, 3.63) is 24.4 Å². The fourth-order valence-electron chi connectivity index (χ4n) is 2.02. The first-order valence-electron chi connectivity index (χ1n) is 6.11. The van der Waals surface area contributed by atoms with E-state index in [1.165, 1.54) is 10.9 Å². The number of ether oxygens (including phenoxy) is 1. The summed E-state index contributed by atoms with van der Waals surface area (Å²) < 4.78 is 7.67. The van der Waals surface area contributed by atoms with Crippen molar-refractivity contribution < 1.29 is 4.74 Å². The van der Waals surface area contributed by atoms with Crippen LogP contribution in [-0.4, -0.2) is 36.7 Å². The molecule has 0 bridgehead atoms. The molecular weight excluding hydrogens is 243 g/mol. The van der Waals surface area contributed by atoms with Crippen LogP contribution in [0.2, 0.25) is 0 Å². The predicted octanol–water partition coefficient (Wildman–Crippen LogP) is 2.10. The van der Waals surface area contributed by atoms with Gasteiger partial charge < -0.3 is 14.2 Å². The Hall–Kier alpha value is -1.05. The summed E-state index contributed by atoms with van der Waals surface area (Å²) in [4.78, 5) is 2.23. The molecule has 4 heteroatoms. The van der Waals surface area contributed by atoms with Crippen LogP contribution in [0.25, 0.3) is 10.9 Å². The number of aromatic nitrogens is 1.